The van der Waals surface area contributed by atoms with E-state index in [0.717, 1.165) is 35.4 Å². The summed E-state index contributed by atoms with van der Waals surface area (Å²) in [6, 6.07) is 10.7. The normalized spacial score (nSPS) is 24.1. The van der Waals surface area contributed by atoms with Crippen molar-refractivity contribution in [3.8, 4) is 0 Å². The van der Waals surface area contributed by atoms with Gasteiger partial charge in [-0.2, -0.15) is 11.8 Å². The van der Waals surface area contributed by atoms with Gasteiger partial charge in [0.1, 0.15) is 0 Å². The average Bonchev–Trinajstić information content (AvgIpc) is 2.44. The lowest BCUT2D eigenvalue weighted by Crippen LogP contribution is -2.44. The van der Waals surface area contributed by atoms with E-state index >= 15 is 0 Å². The van der Waals surface area contributed by atoms with E-state index in [1.807, 2.05) is 30.3 Å². The molecule has 2 unspecified atom stereocenters. The fourth-order valence-electron chi connectivity index (χ4n) is 2.77. The van der Waals surface area contributed by atoms with Gasteiger partial charge in [-0.1, -0.05) is 25.1 Å². The second-order valence-corrected chi connectivity index (χ2v) is 6.99. The van der Waals surface area contributed by atoms with Crippen molar-refractivity contribution in [2.75, 3.05) is 18.0 Å². The van der Waals surface area contributed by atoms with Crippen LogP contribution in [0.1, 0.15) is 19.5 Å². The van der Waals surface area contributed by atoms with Crippen molar-refractivity contribution in [2.45, 2.75) is 31.7 Å². The minimum absolute atomic E-state index is 0.586. The third kappa shape index (κ3) is 2.63. The molecular weight excluding hydrogens is 266 g/mol. The van der Waals surface area contributed by atoms with Gasteiger partial charge >= 0.3 is 0 Å². The SMILES string of the molecule is CC1SCCN(Cc2cc(N)c3ccccc3n2)C1C. The number of hydrogen-bond acceptors (Lipinski definition) is 4. The van der Waals surface area contributed by atoms with Gasteiger partial charge in [0.05, 0.1) is 11.2 Å². The lowest BCUT2D eigenvalue weighted by molar-refractivity contribution is 0.202. The molecule has 4 heteroatoms. The Morgan fingerprint density at radius 2 is 2.15 bits per heavy atom. The first kappa shape index (κ1) is 13.7. The van der Waals surface area contributed by atoms with Crippen LogP contribution in [0.5, 0.6) is 0 Å². The Labute approximate surface area is 124 Å². The number of hydrogen-bond donors (Lipinski definition) is 1. The Kier molecular flexibility index (Phi) is 3.85. The maximum Gasteiger partial charge on any atom is 0.0726 e. The van der Waals surface area contributed by atoms with Gasteiger partial charge in [0.2, 0.25) is 0 Å². The number of benzene rings is 1. The molecule has 1 aromatic heterocycles. The highest BCUT2D eigenvalue weighted by molar-refractivity contribution is 8.00. The summed E-state index contributed by atoms with van der Waals surface area (Å²) < 4.78 is 0. The van der Waals surface area contributed by atoms with Crippen LogP contribution in [0.15, 0.2) is 30.3 Å². The Balaban J connectivity index is 1.87. The molecule has 1 fully saturated rings. The number of pyridine rings is 1. The van der Waals surface area contributed by atoms with Gasteiger partial charge in [-0.3, -0.25) is 9.88 Å². The van der Waals surface area contributed by atoms with Gasteiger partial charge in [0.15, 0.2) is 0 Å². The lowest BCUT2D eigenvalue weighted by Gasteiger charge is -2.37. The van der Waals surface area contributed by atoms with E-state index in [4.69, 9.17) is 10.7 Å². The molecule has 2 heterocycles. The van der Waals surface area contributed by atoms with Gasteiger partial charge in [0, 0.05) is 41.2 Å². The molecule has 1 aromatic carbocycles. The lowest BCUT2D eigenvalue weighted by atomic mass is 10.1. The van der Waals surface area contributed by atoms with Crippen LogP contribution in [0.4, 0.5) is 5.69 Å². The first-order valence-corrected chi connectivity index (χ1v) is 8.20. The summed E-state index contributed by atoms with van der Waals surface area (Å²) in [5.41, 5.74) is 9.06. The second kappa shape index (κ2) is 5.62. The molecule has 1 aliphatic rings. The molecule has 2 N–H and O–H groups in total. The average molecular weight is 287 g/mol. The molecule has 0 spiro atoms. The van der Waals surface area contributed by atoms with Gasteiger partial charge < -0.3 is 5.73 Å². The maximum atomic E-state index is 6.16. The van der Waals surface area contributed by atoms with Crippen molar-refractivity contribution >= 4 is 28.4 Å². The van der Waals surface area contributed by atoms with Crippen LogP contribution in [-0.4, -0.2) is 33.5 Å². The van der Waals surface area contributed by atoms with Crippen molar-refractivity contribution in [3.63, 3.8) is 0 Å². The molecule has 2 aromatic rings. The number of rotatable bonds is 2. The minimum atomic E-state index is 0.586. The number of anilines is 1. The molecule has 3 nitrogen and oxygen atoms in total. The summed E-state index contributed by atoms with van der Waals surface area (Å²) in [5, 5.41) is 1.73. The largest absolute Gasteiger partial charge is 0.398 e. The van der Waals surface area contributed by atoms with Crippen LogP contribution in [0.2, 0.25) is 0 Å². The molecule has 0 radical (unpaired) electrons. The molecule has 1 saturated heterocycles. The van der Waals surface area contributed by atoms with Crippen LogP contribution in [-0.2, 0) is 6.54 Å². The van der Waals surface area contributed by atoms with Gasteiger partial charge in [-0.15, -0.1) is 0 Å². The van der Waals surface area contributed by atoms with E-state index in [0.29, 0.717) is 11.3 Å². The summed E-state index contributed by atoms with van der Waals surface area (Å²) in [6.45, 7) is 6.64. The summed E-state index contributed by atoms with van der Waals surface area (Å²) in [5.74, 6) is 1.20. The number of aromatic nitrogens is 1. The predicted octanol–water partition coefficient (Wildman–Crippen LogP) is 3.14. The molecular formula is C16H21N3S. The monoisotopic (exact) mass is 287 g/mol. The third-order valence-electron chi connectivity index (χ3n) is 4.18. The quantitative estimate of drug-likeness (QED) is 0.921. The number of nitrogens with zero attached hydrogens (tertiary/aromatic N) is 2. The van der Waals surface area contributed by atoms with E-state index < -0.39 is 0 Å². The smallest absolute Gasteiger partial charge is 0.0726 e. The zero-order valence-electron chi connectivity index (χ0n) is 12.0. The Hall–Kier alpha value is -1.26. The Morgan fingerprint density at radius 3 is 3.00 bits per heavy atom. The maximum absolute atomic E-state index is 6.16. The molecule has 0 aliphatic carbocycles. The highest BCUT2D eigenvalue weighted by atomic mass is 32.2. The molecule has 0 bridgehead atoms. The summed E-state index contributed by atoms with van der Waals surface area (Å²) >= 11 is 2.06. The third-order valence-corrected chi connectivity index (χ3v) is 5.52. The van der Waals surface area contributed by atoms with Crippen molar-refractivity contribution in [1.29, 1.82) is 0 Å². The number of para-hydroxylation sites is 1. The van der Waals surface area contributed by atoms with Crippen molar-refractivity contribution in [1.82, 2.24) is 9.88 Å². The van der Waals surface area contributed by atoms with E-state index in [1.54, 1.807) is 0 Å². The fraction of sp³-hybridized carbons (Fsp3) is 0.438. The van der Waals surface area contributed by atoms with E-state index in [2.05, 4.69) is 30.5 Å². The summed E-state index contributed by atoms with van der Waals surface area (Å²) in [6.07, 6.45) is 0. The molecule has 2 atom stereocenters. The van der Waals surface area contributed by atoms with Crippen LogP contribution < -0.4 is 5.73 Å². The number of thioether (sulfide) groups is 1. The predicted molar refractivity (Wildman–Crippen MR) is 87.9 cm³/mol. The highest BCUT2D eigenvalue weighted by Gasteiger charge is 2.25. The molecule has 0 amide bonds. The summed E-state index contributed by atoms with van der Waals surface area (Å²) in [7, 11) is 0. The number of nitrogen functional groups attached to an aromatic ring is 1. The van der Waals surface area contributed by atoms with Gasteiger partial charge in [-0.25, -0.2) is 0 Å². The number of nitrogens with two attached hydrogens (primary N) is 1. The van der Waals surface area contributed by atoms with Crippen LogP contribution in [0.25, 0.3) is 10.9 Å². The van der Waals surface area contributed by atoms with Crippen LogP contribution in [0.3, 0.4) is 0 Å². The van der Waals surface area contributed by atoms with Crippen molar-refractivity contribution < 1.29 is 0 Å². The standard InChI is InChI=1S/C16H21N3S/c1-11-12(2)20-8-7-19(11)10-13-9-15(17)14-5-3-4-6-16(14)18-13/h3-6,9,11-12H,7-8,10H2,1-2H3,(H2,17,18). The van der Waals surface area contributed by atoms with Crippen LogP contribution >= 0.6 is 11.8 Å². The highest BCUT2D eigenvalue weighted by Crippen LogP contribution is 2.26. The first-order chi connectivity index (χ1) is 9.65. The molecule has 20 heavy (non-hydrogen) atoms. The van der Waals surface area contributed by atoms with Gasteiger partial charge in [-0.05, 0) is 19.1 Å². The minimum Gasteiger partial charge on any atom is -0.398 e. The molecule has 3 rings (SSSR count). The Morgan fingerprint density at radius 1 is 1.35 bits per heavy atom. The molecule has 0 saturated carbocycles. The first-order valence-electron chi connectivity index (χ1n) is 7.15. The second-order valence-electron chi connectivity index (χ2n) is 5.51. The van der Waals surface area contributed by atoms with E-state index in [1.165, 1.54) is 5.75 Å². The fourth-order valence-corrected chi connectivity index (χ4v) is 3.93. The van der Waals surface area contributed by atoms with Gasteiger partial charge in [0.25, 0.3) is 0 Å². The molecule has 106 valence electrons. The van der Waals surface area contributed by atoms with E-state index in [9.17, 15) is 0 Å². The van der Waals surface area contributed by atoms with Crippen molar-refractivity contribution in [2.24, 2.45) is 0 Å². The molecule has 1 aliphatic heterocycles. The topological polar surface area (TPSA) is 42.1 Å². The number of fused-ring (bicyclic) bond motifs is 1. The zero-order valence-corrected chi connectivity index (χ0v) is 12.9. The van der Waals surface area contributed by atoms with E-state index in [-0.39, 0.29) is 0 Å². The van der Waals surface area contributed by atoms with Crippen LogP contribution in [0, 0.1) is 0 Å². The van der Waals surface area contributed by atoms with Crippen molar-refractivity contribution in [3.05, 3.63) is 36.0 Å². The summed E-state index contributed by atoms with van der Waals surface area (Å²) in [4.78, 5) is 7.27. The zero-order chi connectivity index (χ0) is 14.1. The Bertz CT molecular complexity index is 614.